The van der Waals surface area contributed by atoms with Crippen LogP contribution < -0.4 is 47.1 Å². The minimum Gasteiger partial charge on any atom is -0.492 e. The van der Waals surface area contributed by atoms with Crippen molar-refractivity contribution in [2.24, 2.45) is 29.2 Å². The molecule has 698 valence electrons. The second-order valence-electron chi connectivity index (χ2n) is 32.1. The number of carbonyl (C=O) groups excluding carboxylic acids is 9. The third kappa shape index (κ3) is 27.8. The molecule has 22 atom stereocenters. The van der Waals surface area contributed by atoms with E-state index in [0.29, 0.717) is 46.2 Å². The van der Waals surface area contributed by atoms with Crippen LogP contribution in [0.2, 0.25) is 0 Å². The number of primary amides is 1. The zero-order valence-corrected chi connectivity index (χ0v) is 78.3. The second-order valence-corrected chi connectivity index (χ2v) is 37.3. The van der Waals surface area contributed by atoms with Crippen molar-refractivity contribution in [1.29, 1.82) is 0 Å². The Morgan fingerprint density at radius 1 is 0.802 bits per heavy atom. The van der Waals surface area contributed by atoms with Gasteiger partial charge < -0.3 is 124 Å². The van der Waals surface area contributed by atoms with Crippen LogP contribution in [0.25, 0.3) is 0 Å². The van der Waals surface area contributed by atoms with E-state index in [0.717, 1.165) is 11.8 Å². The van der Waals surface area contributed by atoms with Gasteiger partial charge in [-0.05, 0) is 138 Å². The van der Waals surface area contributed by atoms with Gasteiger partial charge in [0.15, 0.2) is 47.5 Å². The second kappa shape index (κ2) is 49.8. The number of nitrogens with one attached hydrogen (secondary N) is 4. The highest BCUT2D eigenvalue weighted by Crippen LogP contribution is 2.50. The summed E-state index contributed by atoms with van der Waals surface area (Å²) in [4.78, 5) is 130. The van der Waals surface area contributed by atoms with E-state index in [1.165, 1.54) is 70.3 Å². The number of ketones is 3. The zero-order valence-electron chi connectivity index (χ0n) is 73.7. The van der Waals surface area contributed by atoms with E-state index in [4.69, 9.17) is 77.9 Å². The first-order valence-corrected chi connectivity index (χ1v) is 46.3. The monoisotopic (exact) mass is 1940 g/mol. The third-order valence-electron chi connectivity index (χ3n) is 22.3. The molecular formula is C87H122IN7O28S3. The number of thioether (sulfide) groups is 1. The summed E-state index contributed by atoms with van der Waals surface area (Å²) in [5, 5.41) is 66.3. The predicted molar refractivity (Wildman–Crippen MR) is 475 cm³/mol. The molecular weight excluding hydrogens is 1810 g/mol. The maximum absolute atomic E-state index is 14.7. The van der Waals surface area contributed by atoms with Crippen LogP contribution in [0.4, 0.5) is 15.3 Å². The molecule has 0 aromatic heterocycles. The number of nitrogens with two attached hydrogens (primary N) is 2. The Morgan fingerprint density at radius 3 is 2.13 bits per heavy atom. The van der Waals surface area contributed by atoms with Crippen molar-refractivity contribution >= 4 is 114 Å². The SMILES string of the molecule is CCN(C(=O)OCc1ccc(NC(=O)[C@H](CCCNC(N)=O)CC(=O)[C@@H](NC(=O)[C@H](CCCCN)CC(C)=O)C(C)C)cc1)[C@H]1CO[C@@H](O[C@H]2[C@H](O[C@H]3C#C/C=C\C#C[C@]4(O)CC(=O)C(CC(=O)OC)=C3/C4=C\CSSC(C)C)O[C@H](C)[C@@H](NO[C@H]3C[C@H](O)[C@H](SC(=O)c4c(C)c(I)c(O[C@@H]5O[C@@H](C)[C@H](O)[C@@H](OC)[C@H]5O)c(OC)c4OC)[C@@H](C)O3)[C@@H]2O)C[C@@H]1OC. The summed E-state index contributed by atoms with van der Waals surface area (Å²) >= 11 is 2.77. The van der Waals surface area contributed by atoms with Gasteiger partial charge in [0.25, 0.3) is 0 Å². The molecule has 0 saturated carbocycles. The molecule has 126 heavy (non-hydrogen) atoms. The van der Waals surface area contributed by atoms with E-state index in [1.54, 1.807) is 89.6 Å². The van der Waals surface area contributed by atoms with Gasteiger partial charge in [-0.15, -0.1) is 0 Å². The molecule has 0 spiro atoms. The van der Waals surface area contributed by atoms with Gasteiger partial charge in [-0.1, -0.05) is 109 Å². The number of ether oxygens (including phenoxy) is 13. The number of amides is 5. The lowest BCUT2D eigenvalue weighted by atomic mass is 9.72. The van der Waals surface area contributed by atoms with Gasteiger partial charge >= 0.3 is 18.1 Å². The molecule has 39 heteroatoms. The lowest BCUT2D eigenvalue weighted by Crippen LogP contribution is -2.65. The number of hydrogen-bond acceptors (Lipinski definition) is 33. The van der Waals surface area contributed by atoms with E-state index in [9.17, 15) is 68.7 Å². The molecule has 4 fully saturated rings. The number of hydrogen-bond donors (Lipinski definition) is 11. The van der Waals surface area contributed by atoms with Crippen molar-refractivity contribution < 1.29 is 135 Å². The van der Waals surface area contributed by atoms with Crippen molar-refractivity contribution in [1.82, 2.24) is 21.0 Å². The smallest absolute Gasteiger partial charge is 0.410 e. The summed E-state index contributed by atoms with van der Waals surface area (Å²) in [6.45, 7) is 17.4. The molecule has 2 aromatic carbocycles. The Balaban J connectivity index is 1.000. The van der Waals surface area contributed by atoms with Gasteiger partial charge in [0.05, 0.1) is 104 Å². The van der Waals surface area contributed by atoms with E-state index in [1.807, 2.05) is 36.4 Å². The first-order valence-electron chi connectivity index (χ1n) is 42.0. The maximum atomic E-state index is 14.7. The minimum absolute atomic E-state index is 0.00437. The first-order chi connectivity index (χ1) is 60.0. The number of carbonyl (C=O) groups is 9. The summed E-state index contributed by atoms with van der Waals surface area (Å²) in [6.07, 6.45) is -14.7. The lowest BCUT2D eigenvalue weighted by Gasteiger charge is -2.47. The normalized spacial score (nSPS) is 28.5. The van der Waals surface area contributed by atoms with E-state index in [2.05, 4.69) is 45.1 Å². The Bertz CT molecular complexity index is 4320. The number of hydroxylamine groups is 1. The molecule has 2 bridgehead atoms. The van der Waals surface area contributed by atoms with Crippen LogP contribution in [0.1, 0.15) is 154 Å². The summed E-state index contributed by atoms with van der Waals surface area (Å²) in [5.41, 5.74) is 13.2. The van der Waals surface area contributed by atoms with Gasteiger partial charge in [-0.2, -0.15) is 5.48 Å². The molecule has 2 aromatic rings. The molecule has 2 aliphatic carbocycles. The van der Waals surface area contributed by atoms with Gasteiger partial charge in [0, 0.05) is 98.2 Å². The third-order valence-corrected chi connectivity index (χ3v) is 27.8. The number of likely N-dealkylation sites (N-methyl/N-ethyl adjacent to an activating group) is 1. The van der Waals surface area contributed by atoms with Crippen LogP contribution in [0.15, 0.2) is 59.2 Å². The number of nitrogens with zero attached hydrogens (tertiary/aromatic N) is 1. The molecule has 8 rings (SSSR count). The molecule has 4 saturated heterocycles. The number of aliphatic hydroxyl groups is 5. The molecule has 0 radical (unpaired) electrons. The summed E-state index contributed by atoms with van der Waals surface area (Å²) in [7, 11) is 9.66. The summed E-state index contributed by atoms with van der Waals surface area (Å²) in [6, 6.07) is 2.70. The molecule has 6 aliphatic rings. The Kier molecular flexibility index (Phi) is 41.2. The van der Waals surface area contributed by atoms with Crippen LogP contribution in [-0.2, 0) is 87.6 Å². The molecule has 0 unspecified atom stereocenters. The molecule has 4 heterocycles. The van der Waals surface area contributed by atoms with Gasteiger partial charge in [0.1, 0.15) is 49.0 Å². The van der Waals surface area contributed by atoms with Crippen LogP contribution in [0.3, 0.4) is 0 Å². The number of aliphatic hydroxyl groups excluding tert-OH is 4. The highest BCUT2D eigenvalue weighted by molar-refractivity contribution is 14.1. The quantitative estimate of drug-likeness (QED) is 0.00848. The number of methoxy groups -OCH3 is 5. The van der Waals surface area contributed by atoms with E-state index < -0.39 is 193 Å². The number of benzene rings is 2. The number of Topliss-reactive ketones (excluding diaryl/α,β-unsaturated/α-hetero) is 3. The number of halogens is 1. The van der Waals surface area contributed by atoms with E-state index in [-0.39, 0.29) is 127 Å². The number of fused-ring (bicyclic) bond motifs is 2. The van der Waals surface area contributed by atoms with Crippen LogP contribution in [0, 0.1) is 51.9 Å². The molecule has 4 aliphatic heterocycles. The maximum Gasteiger partial charge on any atom is 0.410 e. The largest absolute Gasteiger partial charge is 0.492 e. The van der Waals surface area contributed by atoms with Gasteiger partial charge in [0.2, 0.25) is 29.0 Å². The van der Waals surface area contributed by atoms with Crippen LogP contribution >= 0.6 is 55.9 Å². The van der Waals surface area contributed by atoms with Crippen molar-refractivity contribution in [2.75, 3.05) is 72.9 Å². The number of urea groups is 1. The molecule has 5 amide bonds. The number of allylic oxidation sites excluding steroid dienone is 2. The zero-order chi connectivity index (χ0) is 92.6. The van der Waals surface area contributed by atoms with Crippen molar-refractivity contribution in [3.8, 4) is 40.9 Å². The average Bonchev–Trinajstić information content (AvgIpc) is 0.749. The minimum atomic E-state index is -2.12. The Morgan fingerprint density at radius 2 is 1.49 bits per heavy atom. The van der Waals surface area contributed by atoms with Gasteiger partial charge in [-0.25, -0.2) is 9.59 Å². The van der Waals surface area contributed by atoms with Crippen molar-refractivity contribution in [3.63, 3.8) is 0 Å². The first kappa shape index (κ1) is 104. The Hall–Kier alpha value is -7.05. The van der Waals surface area contributed by atoms with Crippen LogP contribution in [-0.4, -0.2) is 277 Å². The predicted octanol–water partition coefficient (Wildman–Crippen LogP) is 6.45. The van der Waals surface area contributed by atoms with Crippen molar-refractivity contribution in [3.05, 3.63) is 79.5 Å². The average molecular weight is 1940 g/mol. The molecule has 13 N–H and O–H groups in total. The van der Waals surface area contributed by atoms with E-state index >= 15 is 0 Å². The Labute approximate surface area is 760 Å². The highest BCUT2D eigenvalue weighted by Gasteiger charge is 2.53. The highest BCUT2D eigenvalue weighted by atomic mass is 127. The van der Waals surface area contributed by atoms with Gasteiger partial charge in [-0.3, -0.25) is 33.6 Å². The fourth-order valence-electron chi connectivity index (χ4n) is 15.6. The van der Waals surface area contributed by atoms with Crippen LogP contribution in [0.5, 0.6) is 17.2 Å². The number of unbranched alkanes of at least 4 members (excludes halogenated alkanes) is 1. The topological polar surface area (TPSA) is 487 Å². The summed E-state index contributed by atoms with van der Waals surface area (Å²) < 4.78 is 79.9. The summed E-state index contributed by atoms with van der Waals surface area (Å²) in [5.74, 6) is 7.04. The fraction of sp³-hybridized carbons (Fsp3) is 0.644. The standard InChI is InChI=1S/C87H122IN7O28S3/c1-16-95(86(108)116-42-51-27-29-54(30-28-51)92-80(104)53(25-23-34-91-85(90)107)37-58(97)69(44(2)3)93-81(105)52(36-46(6)96)24-20-22-33-89)57-43-115-64(40-62(57)110-11)121-77-72(102)70(48(8)118-84(77)120-61-26-19-17-18-21-32-87(109)41-60(99)55(38-63(100)111-12)67(61)56(87)31-35-124-126-45(4)5)94-123-65-39-59(98)79(50(10)117-65)125-82(106)66-47(7)68(88)75(78(114-15)74(66)112-13)122-83-73(103)76(113-14)71(101)49(9)119-83/h17-18,27-31,44-45,48-50,52-53,57,59,61-62,64-65,69-73,76-77,79,83-84,94,98,101-103,109H,16,20,22-25,33-43,89H2,1-15H3,(H,92,104)(H,93,105)(H3,90,91,107)/b18-17-,56-31+/t48-,49+,50-,52-,53-,57+,59+,61+,62+,64+,65+,69+,70-,71+,72+,73-,76-,77-,79-,83+,84+,87+/m1/s1. The fourth-order valence-corrected chi connectivity index (χ4v) is 19.2. The molecule has 35 nitrogen and oxygen atoms in total. The number of esters is 1. The van der Waals surface area contributed by atoms with Crippen molar-refractivity contribution in [2.45, 2.75) is 273 Å². The lowest BCUT2D eigenvalue weighted by molar-refractivity contribution is -0.337. The number of rotatable bonds is 43. The number of anilines is 1.